The van der Waals surface area contributed by atoms with Crippen LogP contribution in [0.4, 0.5) is 0 Å². The van der Waals surface area contributed by atoms with E-state index in [0.29, 0.717) is 6.54 Å². The van der Waals surface area contributed by atoms with Gasteiger partial charge in [-0.3, -0.25) is 0 Å². The summed E-state index contributed by atoms with van der Waals surface area (Å²) in [5.41, 5.74) is 0. The second kappa shape index (κ2) is 2.39. The van der Waals surface area contributed by atoms with Crippen molar-refractivity contribution in [1.82, 2.24) is 10.6 Å². The first kappa shape index (κ1) is 5.94. The fraction of sp³-hybridized carbons (Fsp3) is 0.400. The Labute approximate surface area is 52.6 Å². The van der Waals surface area contributed by atoms with Crippen LogP contribution >= 0.6 is 0 Å². The van der Waals surface area contributed by atoms with Crippen LogP contribution in [0.3, 0.4) is 0 Å². The van der Waals surface area contributed by atoms with Gasteiger partial charge in [-0.25, -0.2) is 4.79 Å². The van der Waals surface area contributed by atoms with Crippen molar-refractivity contribution in [1.29, 1.82) is 0 Å². The summed E-state index contributed by atoms with van der Waals surface area (Å²) in [6.07, 6.45) is 3.27. The summed E-state index contributed by atoms with van der Waals surface area (Å²) < 4.78 is 0. The Morgan fingerprint density at radius 3 is 2.78 bits per heavy atom. The molecule has 0 fully saturated rings. The van der Waals surface area contributed by atoms with E-state index >= 15 is 0 Å². The zero-order chi connectivity index (χ0) is 6.69. The highest BCUT2D eigenvalue weighted by molar-refractivity contribution is 5.74. The molecule has 1 unspecified atom stereocenters. The maximum absolute atomic E-state index is 10.2. The first-order valence-corrected chi connectivity index (χ1v) is 2.68. The van der Waals surface area contributed by atoms with Crippen molar-refractivity contribution in [2.45, 2.75) is 6.04 Å². The molecule has 0 amide bonds. The van der Waals surface area contributed by atoms with E-state index in [2.05, 4.69) is 10.6 Å². The monoisotopic (exact) mass is 128 g/mol. The molecule has 1 rings (SSSR count). The second-order valence-corrected chi connectivity index (χ2v) is 1.80. The smallest absolute Gasteiger partial charge is 0.327 e. The van der Waals surface area contributed by atoms with E-state index in [9.17, 15) is 4.79 Å². The van der Waals surface area contributed by atoms with E-state index in [1.807, 2.05) is 0 Å². The summed E-state index contributed by atoms with van der Waals surface area (Å²) in [4.78, 5) is 10.2. The molecule has 0 radical (unpaired) electrons. The molecule has 3 N–H and O–H groups in total. The van der Waals surface area contributed by atoms with Crippen LogP contribution < -0.4 is 10.6 Å². The van der Waals surface area contributed by atoms with Crippen LogP contribution in [-0.2, 0) is 4.79 Å². The molecule has 4 heteroatoms. The van der Waals surface area contributed by atoms with Gasteiger partial charge in [0, 0.05) is 18.9 Å². The fourth-order valence-corrected chi connectivity index (χ4v) is 0.627. The van der Waals surface area contributed by atoms with Crippen LogP contribution in [-0.4, -0.2) is 23.7 Å². The van der Waals surface area contributed by atoms with E-state index in [1.165, 1.54) is 0 Å². The summed E-state index contributed by atoms with van der Waals surface area (Å²) in [5, 5.41) is 13.9. The zero-order valence-electron chi connectivity index (χ0n) is 4.79. The number of carboxylic acids is 1. The molecule has 0 aromatic rings. The van der Waals surface area contributed by atoms with Crippen LogP contribution in [0.5, 0.6) is 0 Å². The fourth-order valence-electron chi connectivity index (χ4n) is 0.627. The van der Waals surface area contributed by atoms with Gasteiger partial charge in [-0.05, 0) is 0 Å². The first-order valence-electron chi connectivity index (χ1n) is 2.68. The lowest BCUT2D eigenvalue weighted by molar-refractivity contribution is -0.139. The third kappa shape index (κ3) is 1.35. The maximum Gasteiger partial charge on any atom is 0.327 e. The molecule has 1 aliphatic rings. The molecule has 0 spiro atoms. The van der Waals surface area contributed by atoms with Crippen molar-refractivity contribution in [2.75, 3.05) is 6.54 Å². The van der Waals surface area contributed by atoms with Gasteiger partial charge in [0.15, 0.2) is 0 Å². The second-order valence-electron chi connectivity index (χ2n) is 1.80. The minimum absolute atomic E-state index is 0.450. The molecule has 1 atom stereocenters. The van der Waals surface area contributed by atoms with Gasteiger partial charge in [0.1, 0.15) is 6.04 Å². The van der Waals surface area contributed by atoms with Crippen LogP contribution in [0.1, 0.15) is 0 Å². The van der Waals surface area contributed by atoms with Crippen LogP contribution in [0.2, 0.25) is 0 Å². The van der Waals surface area contributed by atoms with Crippen molar-refractivity contribution < 1.29 is 9.90 Å². The predicted octanol–water partition coefficient (Wildman–Crippen LogP) is -0.896. The van der Waals surface area contributed by atoms with Crippen molar-refractivity contribution in [3.8, 4) is 0 Å². The normalized spacial score (nSPS) is 24.2. The largest absolute Gasteiger partial charge is 0.480 e. The highest BCUT2D eigenvalue weighted by Crippen LogP contribution is 1.86. The van der Waals surface area contributed by atoms with E-state index in [-0.39, 0.29) is 0 Å². The van der Waals surface area contributed by atoms with Gasteiger partial charge >= 0.3 is 5.97 Å². The Morgan fingerprint density at radius 1 is 1.67 bits per heavy atom. The molecule has 0 bridgehead atoms. The molecular weight excluding hydrogens is 120 g/mol. The number of hydrogen-bond donors (Lipinski definition) is 3. The average molecular weight is 128 g/mol. The molecule has 0 aromatic carbocycles. The standard InChI is InChI=1S/C5H8N2O2/c8-5(9)4-3-6-1-2-7-4/h1-2,4,6-7H,3H2,(H,8,9). The van der Waals surface area contributed by atoms with Crippen molar-refractivity contribution in [2.24, 2.45) is 0 Å². The minimum Gasteiger partial charge on any atom is -0.480 e. The van der Waals surface area contributed by atoms with Gasteiger partial charge in [-0.2, -0.15) is 0 Å². The summed E-state index contributed by atoms with van der Waals surface area (Å²) in [6, 6.07) is -0.477. The molecular formula is C5H8N2O2. The van der Waals surface area contributed by atoms with Crippen LogP contribution in [0, 0.1) is 0 Å². The van der Waals surface area contributed by atoms with E-state index < -0.39 is 12.0 Å². The van der Waals surface area contributed by atoms with Crippen LogP contribution in [0.15, 0.2) is 12.4 Å². The number of carboxylic acid groups (broad SMARTS) is 1. The number of rotatable bonds is 1. The lowest BCUT2D eigenvalue weighted by Crippen LogP contribution is -2.43. The molecule has 1 aliphatic heterocycles. The predicted molar refractivity (Wildman–Crippen MR) is 31.7 cm³/mol. The highest BCUT2D eigenvalue weighted by atomic mass is 16.4. The molecule has 4 nitrogen and oxygen atoms in total. The van der Waals surface area contributed by atoms with Gasteiger partial charge < -0.3 is 15.7 Å². The third-order valence-corrected chi connectivity index (χ3v) is 1.12. The Bertz CT molecular complexity index is 144. The number of carbonyl (C=O) groups is 1. The lowest BCUT2D eigenvalue weighted by Gasteiger charge is -2.16. The van der Waals surface area contributed by atoms with E-state index in [4.69, 9.17) is 5.11 Å². The average Bonchev–Trinajstić information content (AvgIpc) is 1.90. The first-order chi connectivity index (χ1) is 4.30. The number of aliphatic carboxylic acids is 1. The van der Waals surface area contributed by atoms with Crippen molar-refractivity contribution in [3.63, 3.8) is 0 Å². The molecule has 50 valence electrons. The van der Waals surface area contributed by atoms with Gasteiger partial charge in [0.05, 0.1) is 0 Å². The van der Waals surface area contributed by atoms with E-state index in [0.717, 1.165) is 0 Å². The SMILES string of the molecule is O=C(O)C1CNC=CN1. The summed E-state index contributed by atoms with van der Waals surface area (Å²) in [6.45, 7) is 0.450. The zero-order valence-corrected chi connectivity index (χ0v) is 4.79. The molecule has 0 aliphatic carbocycles. The highest BCUT2D eigenvalue weighted by Gasteiger charge is 2.15. The molecule has 0 saturated carbocycles. The Kier molecular flexibility index (Phi) is 1.58. The van der Waals surface area contributed by atoms with Gasteiger partial charge in [-0.1, -0.05) is 0 Å². The molecule has 0 saturated heterocycles. The van der Waals surface area contributed by atoms with Gasteiger partial charge in [0.25, 0.3) is 0 Å². The molecule has 1 heterocycles. The summed E-state index contributed by atoms with van der Waals surface area (Å²) >= 11 is 0. The maximum atomic E-state index is 10.2. The quantitative estimate of drug-likeness (QED) is 0.428. The van der Waals surface area contributed by atoms with Crippen molar-refractivity contribution in [3.05, 3.63) is 12.4 Å². The molecule has 0 aromatic heterocycles. The number of hydrogen-bond acceptors (Lipinski definition) is 3. The minimum atomic E-state index is -0.827. The number of nitrogens with one attached hydrogen (secondary N) is 2. The Balaban J connectivity index is 2.44. The van der Waals surface area contributed by atoms with E-state index in [1.54, 1.807) is 12.4 Å². The molecule has 9 heavy (non-hydrogen) atoms. The topological polar surface area (TPSA) is 61.4 Å². The Morgan fingerprint density at radius 2 is 2.44 bits per heavy atom. The van der Waals surface area contributed by atoms with Gasteiger partial charge in [0.2, 0.25) is 0 Å². The Hall–Kier alpha value is -1.19. The summed E-state index contributed by atoms with van der Waals surface area (Å²) in [7, 11) is 0. The summed E-state index contributed by atoms with van der Waals surface area (Å²) in [5.74, 6) is -0.827. The van der Waals surface area contributed by atoms with Gasteiger partial charge in [-0.15, -0.1) is 0 Å². The van der Waals surface area contributed by atoms with Crippen molar-refractivity contribution >= 4 is 5.97 Å². The lowest BCUT2D eigenvalue weighted by atomic mass is 10.3. The third-order valence-electron chi connectivity index (χ3n) is 1.12. The van der Waals surface area contributed by atoms with Crippen LogP contribution in [0.25, 0.3) is 0 Å².